The molecule has 1 aromatic rings. The third kappa shape index (κ3) is 2.63. The van der Waals surface area contributed by atoms with E-state index in [0.717, 1.165) is 6.92 Å². The standard InChI is InChI=1S/C11H13FO4S/c1-3-17(15,16)9-6-4-8(5-7-9)11(2,12)10(13)14/h4-7H,3H2,1-2H3,(H,13,14). The summed E-state index contributed by atoms with van der Waals surface area (Å²) in [5.74, 6) is -1.67. The number of halogens is 1. The minimum absolute atomic E-state index is 0.0574. The lowest BCUT2D eigenvalue weighted by atomic mass is 9.98. The average Bonchev–Trinajstić information content (AvgIpc) is 2.29. The van der Waals surface area contributed by atoms with Crippen LogP contribution in [0.25, 0.3) is 0 Å². The van der Waals surface area contributed by atoms with Gasteiger partial charge in [-0.25, -0.2) is 17.6 Å². The van der Waals surface area contributed by atoms with Crippen molar-refractivity contribution < 1.29 is 22.7 Å². The van der Waals surface area contributed by atoms with Crippen molar-refractivity contribution in [3.63, 3.8) is 0 Å². The van der Waals surface area contributed by atoms with Gasteiger partial charge in [-0.3, -0.25) is 0 Å². The predicted molar refractivity (Wildman–Crippen MR) is 60.3 cm³/mol. The third-order valence-electron chi connectivity index (χ3n) is 2.54. The highest BCUT2D eigenvalue weighted by Gasteiger charge is 2.35. The summed E-state index contributed by atoms with van der Waals surface area (Å²) < 4.78 is 36.7. The second-order valence-corrected chi connectivity index (χ2v) is 6.01. The van der Waals surface area contributed by atoms with Gasteiger partial charge in [-0.15, -0.1) is 0 Å². The van der Waals surface area contributed by atoms with Gasteiger partial charge < -0.3 is 5.11 Å². The molecule has 1 N–H and O–H groups in total. The van der Waals surface area contributed by atoms with Crippen LogP contribution in [0.4, 0.5) is 4.39 Å². The molecule has 0 spiro atoms. The molecule has 0 fully saturated rings. The fourth-order valence-electron chi connectivity index (χ4n) is 1.27. The van der Waals surface area contributed by atoms with E-state index in [0.29, 0.717) is 0 Å². The zero-order chi connectivity index (χ0) is 13.3. The van der Waals surface area contributed by atoms with Crippen molar-refractivity contribution >= 4 is 15.8 Å². The summed E-state index contributed by atoms with van der Waals surface area (Å²) in [7, 11) is -3.35. The van der Waals surface area contributed by atoms with E-state index >= 15 is 0 Å². The Morgan fingerprint density at radius 1 is 1.35 bits per heavy atom. The predicted octanol–water partition coefficient (Wildman–Crippen LogP) is 1.75. The van der Waals surface area contributed by atoms with Gasteiger partial charge in [0.15, 0.2) is 9.84 Å². The Bertz CT molecular complexity index is 517. The lowest BCUT2D eigenvalue weighted by Crippen LogP contribution is -2.26. The van der Waals surface area contributed by atoms with Gasteiger partial charge in [0, 0.05) is 5.56 Å². The Labute approximate surface area is 99.0 Å². The molecule has 1 unspecified atom stereocenters. The summed E-state index contributed by atoms with van der Waals surface area (Å²) in [5.41, 5.74) is -2.60. The van der Waals surface area contributed by atoms with E-state index in [1.807, 2.05) is 0 Å². The van der Waals surface area contributed by atoms with Crippen LogP contribution in [-0.4, -0.2) is 25.2 Å². The van der Waals surface area contributed by atoms with E-state index in [9.17, 15) is 17.6 Å². The zero-order valence-corrected chi connectivity index (χ0v) is 10.3. The highest BCUT2D eigenvalue weighted by molar-refractivity contribution is 7.91. The molecule has 94 valence electrons. The molecule has 0 aromatic heterocycles. The first-order chi connectivity index (χ1) is 7.71. The van der Waals surface area contributed by atoms with E-state index in [2.05, 4.69) is 0 Å². The van der Waals surface area contributed by atoms with E-state index in [1.165, 1.54) is 31.2 Å². The molecule has 1 atom stereocenters. The maximum atomic E-state index is 13.7. The van der Waals surface area contributed by atoms with Crippen molar-refractivity contribution in [3.8, 4) is 0 Å². The maximum Gasteiger partial charge on any atom is 0.345 e. The van der Waals surface area contributed by atoms with Crippen LogP contribution < -0.4 is 0 Å². The molecule has 0 aliphatic rings. The summed E-state index contributed by atoms with van der Waals surface area (Å²) in [6.07, 6.45) is 0. The second-order valence-electron chi connectivity index (χ2n) is 3.74. The van der Waals surface area contributed by atoms with E-state index in [4.69, 9.17) is 5.11 Å². The molecular weight excluding hydrogens is 247 g/mol. The van der Waals surface area contributed by atoms with Crippen molar-refractivity contribution in [1.29, 1.82) is 0 Å². The lowest BCUT2D eigenvalue weighted by Gasteiger charge is -2.15. The molecule has 17 heavy (non-hydrogen) atoms. The number of carboxylic acids is 1. The molecule has 4 nitrogen and oxygen atoms in total. The number of sulfone groups is 1. The topological polar surface area (TPSA) is 71.4 Å². The number of rotatable bonds is 4. The number of carboxylic acid groups (broad SMARTS) is 1. The number of carbonyl (C=O) groups is 1. The van der Waals surface area contributed by atoms with Gasteiger partial charge in [0.1, 0.15) is 0 Å². The first-order valence-corrected chi connectivity index (χ1v) is 6.62. The van der Waals surface area contributed by atoms with Gasteiger partial charge in [0.2, 0.25) is 5.67 Å². The lowest BCUT2D eigenvalue weighted by molar-refractivity contribution is -0.150. The minimum Gasteiger partial charge on any atom is -0.479 e. The van der Waals surface area contributed by atoms with Gasteiger partial charge in [-0.1, -0.05) is 19.1 Å². The first kappa shape index (κ1) is 13.6. The molecule has 1 rings (SSSR count). The maximum absolute atomic E-state index is 13.7. The molecule has 0 aliphatic heterocycles. The van der Waals surface area contributed by atoms with E-state index < -0.39 is 21.5 Å². The Hall–Kier alpha value is -1.43. The molecule has 0 saturated carbocycles. The van der Waals surface area contributed by atoms with Gasteiger partial charge in [-0.2, -0.15) is 0 Å². The van der Waals surface area contributed by atoms with E-state index in [-0.39, 0.29) is 16.2 Å². The van der Waals surface area contributed by atoms with Crippen LogP contribution in [0.3, 0.4) is 0 Å². The summed E-state index contributed by atoms with van der Waals surface area (Å²) in [6.45, 7) is 2.42. The molecule has 0 saturated heterocycles. The average molecular weight is 260 g/mol. The summed E-state index contributed by atoms with van der Waals surface area (Å²) in [6, 6.07) is 4.79. The monoisotopic (exact) mass is 260 g/mol. The van der Waals surface area contributed by atoms with Gasteiger partial charge in [0.25, 0.3) is 0 Å². The Morgan fingerprint density at radius 2 is 1.82 bits per heavy atom. The fraction of sp³-hybridized carbons (Fsp3) is 0.364. The van der Waals surface area contributed by atoms with Crippen molar-refractivity contribution in [2.75, 3.05) is 5.75 Å². The van der Waals surface area contributed by atoms with Crippen molar-refractivity contribution in [1.82, 2.24) is 0 Å². The van der Waals surface area contributed by atoms with Crippen LogP contribution >= 0.6 is 0 Å². The summed E-state index contributed by atoms with van der Waals surface area (Å²) >= 11 is 0. The Morgan fingerprint density at radius 3 is 2.18 bits per heavy atom. The molecule has 0 radical (unpaired) electrons. The molecule has 0 aliphatic carbocycles. The number of aliphatic carboxylic acids is 1. The molecule has 6 heteroatoms. The quantitative estimate of drug-likeness (QED) is 0.895. The smallest absolute Gasteiger partial charge is 0.345 e. The van der Waals surface area contributed by atoms with Crippen LogP contribution in [0.2, 0.25) is 0 Å². The molecular formula is C11H13FO4S. The number of hydrogen-bond acceptors (Lipinski definition) is 3. The largest absolute Gasteiger partial charge is 0.479 e. The second kappa shape index (κ2) is 4.44. The van der Waals surface area contributed by atoms with Crippen LogP contribution in [-0.2, 0) is 20.3 Å². The molecule has 1 aromatic carbocycles. The molecule has 0 amide bonds. The number of benzene rings is 1. The van der Waals surface area contributed by atoms with Crippen LogP contribution in [0.5, 0.6) is 0 Å². The summed E-state index contributed by atoms with van der Waals surface area (Å²) in [5, 5.41) is 8.68. The van der Waals surface area contributed by atoms with Gasteiger partial charge in [-0.05, 0) is 19.1 Å². The molecule has 0 bridgehead atoms. The fourth-order valence-corrected chi connectivity index (χ4v) is 2.15. The number of hydrogen-bond donors (Lipinski definition) is 1. The normalized spacial score (nSPS) is 15.2. The van der Waals surface area contributed by atoms with Gasteiger partial charge >= 0.3 is 5.97 Å². The Kier molecular flexibility index (Phi) is 3.56. The SMILES string of the molecule is CCS(=O)(=O)c1ccc(C(C)(F)C(=O)O)cc1. The van der Waals surface area contributed by atoms with Crippen molar-refractivity contribution in [2.24, 2.45) is 0 Å². The van der Waals surface area contributed by atoms with Crippen LogP contribution in [0.1, 0.15) is 19.4 Å². The first-order valence-electron chi connectivity index (χ1n) is 4.97. The van der Waals surface area contributed by atoms with E-state index in [1.54, 1.807) is 0 Å². The zero-order valence-electron chi connectivity index (χ0n) is 9.47. The summed E-state index contributed by atoms with van der Waals surface area (Å²) in [4.78, 5) is 10.7. The van der Waals surface area contributed by atoms with Crippen LogP contribution in [0, 0.1) is 0 Å². The van der Waals surface area contributed by atoms with Crippen LogP contribution in [0.15, 0.2) is 29.2 Å². The Balaban J connectivity index is 3.18. The highest BCUT2D eigenvalue weighted by Crippen LogP contribution is 2.26. The minimum atomic E-state index is -3.35. The third-order valence-corrected chi connectivity index (χ3v) is 4.29. The molecule has 0 heterocycles. The van der Waals surface area contributed by atoms with Gasteiger partial charge in [0.05, 0.1) is 10.6 Å². The highest BCUT2D eigenvalue weighted by atomic mass is 32.2. The van der Waals surface area contributed by atoms with Crippen molar-refractivity contribution in [3.05, 3.63) is 29.8 Å². The van der Waals surface area contributed by atoms with Crippen molar-refractivity contribution in [2.45, 2.75) is 24.4 Å². The number of alkyl halides is 1.